The van der Waals surface area contributed by atoms with Crippen LogP contribution in [0.5, 0.6) is 0 Å². The van der Waals surface area contributed by atoms with Crippen LogP contribution in [0.25, 0.3) is 0 Å². The average Bonchev–Trinajstić information content (AvgIpc) is 2.34. The van der Waals surface area contributed by atoms with E-state index in [0.717, 1.165) is 5.69 Å². The van der Waals surface area contributed by atoms with Crippen LogP contribution in [0, 0.1) is 0 Å². The maximum absolute atomic E-state index is 10.8. The molecule has 0 atom stereocenters. The van der Waals surface area contributed by atoms with Crippen molar-refractivity contribution in [3.63, 3.8) is 0 Å². The molecule has 1 rings (SSSR count). The van der Waals surface area contributed by atoms with E-state index in [0.29, 0.717) is 5.56 Å². The highest BCUT2D eigenvalue weighted by atomic mass is 32.1. The summed E-state index contributed by atoms with van der Waals surface area (Å²) in [5.74, 6) is -0.314. The first-order valence-corrected chi connectivity index (χ1v) is 3.66. The van der Waals surface area contributed by atoms with Crippen LogP contribution in [0.15, 0.2) is 10.8 Å². The molecule has 1 aromatic heterocycles. The lowest BCUT2D eigenvalue weighted by atomic mass is 10.3. The lowest BCUT2D eigenvalue weighted by molar-refractivity contribution is -0.254. The number of quaternary nitrogens is 1. The van der Waals surface area contributed by atoms with Gasteiger partial charge in [0.1, 0.15) is 5.56 Å². The number of thiophene rings is 1. The lowest BCUT2D eigenvalue weighted by Crippen LogP contribution is -2.41. The van der Waals surface area contributed by atoms with Crippen molar-refractivity contribution in [3.8, 4) is 0 Å². The van der Waals surface area contributed by atoms with Crippen LogP contribution in [-0.2, 0) is 4.74 Å². The number of rotatable bonds is 1. The molecule has 4 heteroatoms. The number of methoxy groups -OCH3 is 1. The van der Waals surface area contributed by atoms with Gasteiger partial charge in [-0.15, -0.1) is 11.3 Å². The van der Waals surface area contributed by atoms with Crippen molar-refractivity contribution in [2.75, 3.05) is 7.11 Å². The number of carbonyl (C=O) groups is 1. The second kappa shape index (κ2) is 2.81. The van der Waals surface area contributed by atoms with Gasteiger partial charge in [-0.2, -0.15) is 0 Å². The molecule has 3 N–H and O–H groups in total. The molecular formula is C6H8NO2S+. The van der Waals surface area contributed by atoms with Gasteiger partial charge in [-0.3, -0.25) is 0 Å². The van der Waals surface area contributed by atoms with E-state index < -0.39 is 0 Å². The largest absolute Gasteiger partial charge is 0.465 e. The zero-order chi connectivity index (χ0) is 7.56. The number of ether oxygens (including phenoxy) is 1. The molecule has 54 valence electrons. The number of hydrogen-bond acceptors (Lipinski definition) is 3. The molecule has 0 bridgehead atoms. The van der Waals surface area contributed by atoms with Gasteiger partial charge in [0.2, 0.25) is 0 Å². The summed E-state index contributed by atoms with van der Waals surface area (Å²) in [7, 11) is 1.36. The molecule has 0 aromatic carbocycles. The summed E-state index contributed by atoms with van der Waals surface area (Å²) in [6, 6.07) is 0. The predicted molar refractivity (Wildman–Crippen MR) is 38.2 cm³/mol. The Balaban J connectivity index is 2.93. The maximum atomic E-state index is 10.8. The molecule has 1 heterocycles. The monoisotopic (exact) mass is 158 g/mol. The third-order valence-corrected chi connectivity index (χ3v) is 1.94. The minimum Gasteiger partial charge on any atom is -0.465 e. The maximum Gasteiger partial charge on any atom is 0.344 e. The number of hydrogen-bond donors (Lipinski definition) is 1. The molecule has 0 saturated carbocycles. The third-order valence-electron chi connectivity index (χ3n) is 1.15. The van der Waals surface area contributed by atoms with Gasteiger partial charge >= 0.3 is 5.97 Å². The molecule has 0 aliphatic carbocycles. The molecule has 0 aliphatic heterocycles. The highest BCUT2D eigenvalue weighted by Gasteiger charge is 2.12. The van der Waals surface area contributed by atoms with E-state index in [1.165, 1.54) is 18.4 Å². The molecule has 10 heavy (non-hydrogen) atoms. The van der Waals surface area contributed by atoms with Gasteiger partial charge in [0, 0.05) is 5.38 Å². The van der Waals surface area contributed by atoms with E-state index in [1.807, 2.05) is 5.38 Å². The Labute approximate surface area is 62.4 Å². The van der Waals surface area contributed by atoms with E-state index in [1.54, 1.807) is 5.38 Å². The summed E-state index contributed by atoms with van der Waals surface area (Å²) in [5.41, 5.74) is 4.95. The van der Waals surface area contributed by atoms with Crippen molar-refractivity contribution in [1.82, 2.24) is 0 Å². The van der Waals surface area contributed by atoms with Crippen molar-refractivity contribution in [1.29, 1.82) is 0 Å². The summed E-state index contributed by atoms with van der Waals surface area (Å²) in [6.45, 7) is 0. The Morgan fingerprint density at radius 3 is 2.80 bits per heavy atom. The van der Waals surface area contributed by atoms with E-state index in [-0.39, 0.29) is 5.97 Å². The molecular weight excluding hydrogens is 150 g/mol. The average molecular weight is 158 g/mol. The second-order valence-electron chi connectivity index (χ2n) is 1.80. The molecule has 1 aromatic rings. The quantitative estimate of drug-likeness (QED) is 0.602. The topological polar surface area (TPSA) is 53.9 Å². The first kappa shape index (κ1) is 7.24. The minimum atomic E-state index is -0.314. The zero-order valence-corrected chi connectivity index (χ0v) is 6.40. The summed E-state index contributed by atoms with van der Waals surface area (Å²) < 4.78 is 4.50. The summed E-state index contributed by atoms with van der Waals surface area (Å²) in [6.07, 6.45) is 0. The molecule has 0 fully saturated rings. The lowest BCUT2D eigenvalue weighted by Gasteiger charge is -1.92. The van der Waals surface area contributed by atoms with Gasteiger partial charge in [0.05, 0.1) is 12.5 Å². The smallest absolute Gasteiger partial charge is 0.344 e. The van der Waals surface area contributed by atoms with Gasteiger partial charge in [0.15, 0.2) is 5.69 Å². The van der Waals surface area contributed by atoms with Crippen LogP contribution in [-0.4, -0.2) is 13.1 Å². The number of esters is 1. The first-order valence-electron chi connectivity index (χ1n) is 2.72. The highest BCUT2D eigenvalue weighted by molar-refractivity contribution is 7.08. The summed E-state index contributed by atoms with van der Waals surface area (Å²) in [5, 5.41) is 3.54. The van der Waals surface area contributed by atoms with Gasteiger partial charge in [0.25, 0.3) is 0 Å². The van der Waals surface area contributed by atoms with Crippen LogP contribution in [0.1, 0.15) is 10.4 Å². The van der Waals surface area contributed by atoms with E-state index in [2.05, 4.69) is 10.5 Å². The van der Waals surface area contributed by atoms with Gasteiger partial charge < -0.3 is 10.5 Å². The second-order valence-corrected chi connectivity index (χ2v) is 2.55. The van der Waals surface area contributed by atoms with Crippen molar-refractivity contribution in [3.05, 3.63) is 16.3 Å². The van der Waals surface area contributed by atoms with Crippen LogP contribution in [0.4, 0.5) is 5.69 Å². The molecule has 0 spiro atoms. The molecule has 0 radical (unpaired) electrons. The van der Waals surface area contributed by atoms with Crippen molar-refractivity contribution < 1.29 is 15.3 Å². The SMILES string of the molecule is COC(=O)c1cscc1[NH3+]. The molecule has 0 unspecified atom stereocenters. The molecule has 0 aliphatic rings. The van der Waals surface area contributed by atoms with Crippen LogP contribution in [0.2, 0.25) is 0 Å². The zero-order valence-electron chi connectivity index (χ0n) is 5.59. The van der Waals surface area contributed by atoms with Gasteiger partial charge in [-0.1, -0.05) is 0 Å². The Morgan fingerprint density at radius 1 is 1.70 bits per heavy atom. The predicted octanol–water partition coefficient (Wildman–Crippen LogP) is 0.408. The first-order chi connectivity index (χ1) is 4.75. The van der Waals surface area contributed by atoms with Crippen LogP contribution in [0.3, 0.4) is 0 Å². The van der Waals surface area contributed by atoms with Gasteiger partial charge in [-0.25, -0.2) is 4.79 Å². The van der Waals surface area contributed by atoms with Gasteiger partial charge in [-0.05, 0) is 0 Å². The Morgan fingerprint density at radius 2 is 2.40 bits per heavy atom. The molecule has 0 saturated heterocycles. The number of carbonyl (C=O) groups excluding carboxylic acids is 1. The summed E-state index contributed by atoms with van der Waals surface area (Å²) in [4.78, 5) is 10.8. The highest BCUT2D eigenvalue weighted by Crippen LogP contribution is 2.15. The third kappa shape index (κ3) is 1.17. The fourth-order valence-electron chi connectivity index (χ4n) is 0.613. The fraction of sp³-hybridized carbons (Fsp3) is 0.167. The Hall–Kier alpha value is -0.870. The van der Waals surface area contributed by atoms with E-state index in [9.17, 15) is 4.79 Å². The van der Waals surface area contributed by atoms with E-state index >= 15 is 0 Å². The van der Waals surface area contributed by atoms with Crippen molar-refractivity contribution >= 4 is 23.0 Å². The molecule has 3 nitrogen and oxygen atoms in total. The van der Waals surface area contributed by atoms with Crippen LogP contribution >= 0.6 is 11.3 Å². The van der Waals surface area contributed by atoms with Crippen molar-refractivity contribution in [2.24, 2.45) is 0 Å². The summed E-state index contributed by atoms with van der Waals surface area (Å²) >= 11 is 1.45. The fourth-order valence-corrected chi connectivity index (χ4v) is 1.36. The molecule has 0 amide bonds. The minimum absolute atomic E-state index is 0.314. The standard InChI is InChI=1S/C6H7NO2S/c1-9-6(8)4-2-10-3-5(4)7/h2-3H,7H2,1H3/p+1. The van der Waals surface area contributed by atoms with Crippen LogP contribution < -0.4 is 5.73 Å². The van der Waals surface area contributed by atoms with Crippen molar-refractivity contribution in [2.45, 2.75) is 0 Å². The Bertz CT molecular complexity index is 244. The van der Waals surface area contributed by atoms with E-state index in [4.69, 9.17) is 0 Å². The normalized spacial score (nSPS) is 9.40. The Kier molecular flexibility index (Phi) is 2.03.